The highest BCUT2D eigenvalue weighted by atomic mass is 32.2. The molecule has 7 heteroatoms. The van der Waals surface area contributed by atoms with Crippen LogP contribution in [0, 0.1) is 11.6 Å². The van der Waals surface area contributed by atoms with Crippen LogP contribution in [0.2, 0.25) is 0 Å². The lowest BCUT2D eigenvalue weighted by molar-refractivity contribution is -0.137. The van der Waals surface area contributed by atoms with Crippen molar-refractivity contribution in [3.05, 3.63) is 42.1 Å². The number of hydrogen-bond donors (Lipinski definition) is 1. The van der Waals surface area contributed by atoms with Crippen LogP contribution >= 0.6 is 11.8 Å². The van der Waals surface area contributed by atoms with Crippen LogP contribution in [0.5, 0.6) is 5.75 Å². The summed E-state index contributed by atoms with van der Waals surface area (Å²) in [6, 6.07) is 5.97. The van der Waals surface area contributed by atoms with E-state index in [2.05, 4.69) is 4.98 Å². The van der Waals surface area contributed by atoms with E-state index >= 15 is 0 Å². The quantitative estimate of drug-likeness (QED) is 0.480. The zero-order valence-corrected chi connectivity index (χ0v) is 15.5. The number of thioether (sulfide) groups is 1. The Bertz CT molecular complexity index is 745. The first-order chi connectivity index (χ1) is 12.4. The second-order valence-electron chi connectivity index (χ2n) is 5.99. The minimum absolute atomic E-state index is 0.00453. The molecule has 1 aromatic carbocycles. The predicted molar refractivity (Wildman–Crippen MR) is 97.6 cm³/mol. The summed E-state index contributed by atoms with van der Waals surface area (Å²) >= 11 is 1.52. The number of unbranched alkanes of at least 4 members (excludes halogenated alkanes) is 1. The van der Waals surface area contributed by atoms with Crippen LogP contribution in [0.25, 0.3) is 11.1 Å². The molecule has 2 aromatic rings. The Morgan fingerprint density at radius 3 is 2.58 bits per heavy atom. The number of nitrogens with zero attached hydrogens (tertiary/aromatic N) is 1. The summed E-state index contributed by atoms with van der Waals surface area (Å²) in [6.07, 6.45) is 2.45. The molecule has 140 valence electrons. The second kappa shape index (κ2) is 9.52. The average Bonchev–Trinajstić information content (AvgIpc) is 2.56. The van der Waals surface area contributed by atoms with E-state index in [0.717, 1.165) is 0 Å². The Hall–Kier alpha value is -2.15. The smallest absolute Gasteiger partial charge is 0.303 e. The van der Waals surface area contributed by atoms with E-state index < -0.39 is 23.4 Å². The van der Waals surface area contributed by atoms with Crippen molar-refractivity contribution in [2.75, 3.05) is 6.61 Å². The number of rotatable bonds is 9. The number of hydrogen-bond acceptors (Lipinski definition) is 4. The summed E-state index contributed by atoms with van der Waals surface area (Å²) in [4.78, 5) is 14.7. The Morgan fingerprint density at radius 1 is 1.27 bits per heavy atom. The summed E-state index contributed by atoms with van der Waals surface area (Å²) in [6.45, 7) is 4.10. The van der Waals surface area contributed by atoms with Crippen LogP contribution in [0.1, 0.15) is 33.1 Å². The number of carboxylic acids is 1. The van der Waals surface area contributed by atoms with Crippen molar-refractivity contribution in [2.45, 2.75) is 43.4 Å². The molecule has 0 aliphatic heterocycles. The van der Waals surface area contributed by atoms with Gasteiger partial charge >= 0.3 is 5.97 Å². The number of aliphatic carboxylic acids is 1. The highest BCUT2D eigenvalue weighted by molar-refractivity contribution is 7.99. The first-order valence-electron chi connectivity index (χ1n) is 8.34. The minimum atomic E-state index is -0.904. The first-order valence-corrected chi connectivity index (χ1v) is 9.22. The van der Waals surface area contributed by atoms with E-state index in [-0.39, 0.29) is 18.3 Å². The fraction of sp³-hybridized carbons (Fsp3) is 0.368. The zero-order valence-electron chi connectivity index (χ0n) is 14.7. The first kappa shape index (κ1) is 20.2. The van der Waals surface area contributed by atoms with Crippen molar-refractivity contribution < 1.29 is 23.4 Å². The molecule has 0 saturated carbocycles. The predicted octanol–water partition coefficient (Wildman–Crippen LogP) is 5.16. The third-order valence-corrected chi connectivity index (χ3v) is 4.48. The maximum atomic E-state index is 14.3. The van der Waals surface area contributed by atoms with Crippen LogP contribution < -0.4 is 4.74 Å². The molecule has 0 unspecified atom stereocenters. The molecule has 4 nitrogen and oxygen atoms in total. The van der Waals surface area contributed by atoms with E-state index in [9.17, 15) is 13.6 Å². The van der Waals surface area contributed by atoms with Gasteiger partial charge in [-0.05, 0) is 36.6 Å². The van der Waals surface area contributed by atoms with Gasteiger partial charge in [0.15, 0.2) is 17.4 Å². The van der Waals surface area contributed by atoms with Crippen molar-refractivity contribution in [1.82, 2.24) is 4.98 Å². The van der Waals surface area contributed by atoms with Crippen LogP contribution in [-0.2, 0) is 4.79 Å². The average molecular weight is 381 g/mol. The topological polar surface area (TPSA) is 59.4 Å². The van der Waals surface area contributed by atoms with Crippen LogP contribution in [0.4, 0.5) is 8.78 Å². The van der Waals surface area contributed by atoms with Crippen molar-refractivity contribution in [1.29, 1.82) is 0 Å². The number of pyridine rings is 1. The molecule has 0 aliphatic rings. The highest BCUT2D eigenvalue weighted by Crippen LogP contribution is 2.35. The molecule has 0 amide bonds. The molecule has 0 atom stereocenters. The molecule has 0 aliphatic carbocycles. The van der Waals surface area contributed by atoms with E-state index in [1.54, 1.807) is 18.3 Å². The number of carbonyl (C=O) groups is 1. The molecule has 0 radical (unpaired) electrons. The summed E-state index contributed by atoms with van der Waals surface area (Å²) in [7, 11) is 0. The van der Waals surface area contributed by atoms with Gasteiger partial charge in [-0.15, -0.1) is 11.8 Å². The van der Waals surface area contributed by atoms with Crippen molar-refractivity contribution in [3.8, 4) is 16.9 Å². The minimum Gasteiger partial charge on any atom is -0.488 e. The summed E-state index contributed by atoms with van der Waals surface area (Å²) in [5.41, 5.74) is 1.06. The third kappa shape index (κ3) is 5.69. The lowest BCUT2D eigenvalue weighted by Gasteiger charge is -2.13. The largest absolute Gasteiger partial charge is 0.488 e. The van der Waals surface area contributed by atoms with Gasteiger partial charge in [0.05, 0.1) is 6.61 Å². The molecule has 0 saturated heterocycles. The molecule has 1 aromatic heterocycles. The van der Waals surface area contributed by atoms with E-state index in [1.165, 1.54) is 23.9 Å². The van der Waals surface area contributed by atoms with Crippen LogP contribution in [0.3, 0.4) is 0 Å². The number of aromatic nitrogens is 1. The lowest BCUT2D eigenvalue weighted by atomic mass is 10.1. The SMILES string of the molecule is CC(C)Sc1ncccc1-c1cc(F)c(OCCCCC(=O)O)c(F)c1. The summed E-state index contributed by atoms with van der Waals surface area (Å²) in [5.74, 6) is -2.92. The second-order valence-corrected chi connectivity index (χ2v) is 7.56. The Balaban J connectivity index is 2.15. The van der Waals surface area contributed by atoms with Gasteiger partial charge in [0.25, 0.3) is 0 Å². The number of benzene rings is 1. The Labute approximate surface area is 155 Å². The van der Waals surface area contributed by atoms with Crippen molar-refractivity contribution in [2.24, 2.45) is 0 Å². The molecular weight excluding hydrogens is 360 g/mol. The van der Waals surface area contributed by atoms with Gasteiger partial charge in [0.2, 0.25) is 0 Å². The molecule has 0 fully saturated rings. The Morgan fingerprint density at radius 2 is 1.96 bits per heavy atom. The molecule has 1 heterocycles. The van der Waals surface area contributed by atoms with Crippen LogP contribution in [0.15, 0.2) is 35.5 Å². The van der Waals surface area contributed by atoms with Gasteiger partial charge in [-0.3, -0.25) is 4.79 Å². The number of halogens is 2. The molecule has 2 rings (SSSR count). The lowest BCUT2D eigenvalue weighted by Crippen LogP contribution is -2.03. The molecule has 0 bridgehead atoms. The number of carboxylic acid groups (broad SMARTS) is 1. The van der Waals surface area contributed by atoms with Gasteiger partial charge in [-0.1, -0.05) is 19.9 Å². The molecule has 26 heavy (non-hydrogen) atoms. The molecule has 1 N–H and O–H groups in total. The fourth-order valence-corrected chi connectivity index (χ4v) is 3.21. The van der Waals surface area contributed by atoms with E-state index in [4.69, 9.17) is 9.84 Å². The van der Waals surface area contributed by atoms with Crippen molar-refractivity contribution in [3.63, 3.8) is 0 Å². The standard InChI is InChI=1S/C19H21F2NO3S/c1-12(2)26-19-14(6-5-8-22-19)13-10-15(20)18(16(21)11-13)25-9-4-3-7-17(23)24/h5-6,8,10-12H,3-4,7,9H2,1-2H3,(H,23,24). The molecular formula is C19H21F2NO3S. The monoisotopic (exact) mass is 381 g/mol. The zero-order chi connectivity index (χ0) is 19.1. The maximum Gasteiger partial charge on any atom is 0.303 e. The van der Waals surface area contributed by atoms with Gasteiger partial charge in [0.1, 0.15) is 5.03 Å². The summed E-state index contributed by atoms with van der Waals surface area (Å²) in [5, 5.41) is 9.56. The van der Waals surface area contributed by atoms with Gasteiger partial charge in [-0.25, -0.2) is 13.8 Å². The van der Waals surface area contributed by atoms with Gasteiger partial charge in [-0.2, -0.15) is 0 Å². The van der Waals surface area contributed by atoms with Gasteiger partial charge in [0, 0.05) is 23.4 Å². The third-order valence-electron chi connectivity index (χ3n) is 3.46. The number of ether oxygens (including phenoxy) is 1. The summed E-state index contributed by atoms with van der Waals surface area (Å²) < 4.78 is 33.9. The van der Waals surface area contributed by atoms with Crippen LogP contribution in [-0.4, -0.2) is 27.9 Å². The van der Waals surface area contributed by atoms with Crippen molar-refractivity contribution >= 4 is 17.7 Å². The maximum absolute atomic E-state index is 14.3. The molecule has 0 spiro atoms. The fourth-order valence-electron chi connectivity index (χ4n) is 2.33. The highest BCUT2D eigenvalue weighted by Gasteiger charge is 2.16. The van der Waals surface area contributed by atoms with Gasteiger partial charge < -0.3 is 9.84 Å². The van der Waals surface area contributed by atoms with E-state index in [1.807, 2.05) is 13.8 Å². The van der Waals surface area contributed by atoms with E-state index in [0.29, 0.717) is 29.0 Å². The Kier molecular flexibility index (Phi) is 7.38. The normalized spacial score (nSPS) is 11.0.